The van der Waals surface area contributed by atoms with Crippen molar-refractivity contribution in [1.82, 2.24) is 4.98 Å². The summed E-state index contributed by atoms with van der Waals surface area (Å²) in [7, 11) is -3.43. The number of hydrogen-bond acceptors (Lipinski definition) is 5. The SMILES string of the molecule is Cc1ccc(C2CC2)cc1N(/C(=C/N)c1ccc(NS(=O)(=O)C(C)C)nc1)C1CCC1. The maximum atomic E-state index is 12.1. The van der Waals surface area contributed by atoms with E-state index < -0.39 is 15.3 Å². The Balaban J connectivity index is 1.66. The molecule has 31 heavy (non-hydrogen) atoms. The predicted octanol–water partition coefficient (Wildman–Crippen LogP) is 4.73. The molecule has 0 spiro atoms. The van der Waals surface area contributed by atoms with Gasteiger partial charge in [-0.05, 0) is 88.1 Å². The topological polar surface area (TPSA) is 88.3 Å². The number of benzene rings is 1. The lowest BCUT2D eigenvalue weighted by molar-refractivity contribution is 0.412. The van der Waals surface area contributed by atoms with E-state index in [9.17, 15) is 8.42 Å². The van der Waals surface area contributed by atoms with E-state index in [0.29, 0.717) is 17.8 Å². The first-order chi connectivity index (χ1) is 14.8. The first-order valence-corrected chi connectivity index (χ1v) is 12.6. The summed E-state index contributed by atoms with van der Waals surface area (Å²) < 4.78 is 26.8. The summed E-state index contributed by atoms with van der Waals surface area (Å²) in [5.41, 5.74) is 11.8. The molecule has 2 aromatic rings. The Morgan fingerprint density at radius 2 is 1.94 bits per heavy atom. The average Bonchev–Trinajstić information content (AvgIpc) is 3.53. The minimum absolute atomic E-state index is 0.316. The van der Waals surface area contributed by atoms with Gasteiger partial charge in [0.05, 0.1) is 10.9 Å². The van der Waals surface area contributed by atoms with Crippen LogP contribution in [-0.2, 0) is 10.0 Å². The van der Waals surface area contributed by atoms with E-state index >= 15 is 0 Å². The van der Waals surface area contributed by atoms with Gasteiger partial charge in [-0.3, -0.25) is 4.72 Å². The van der Waals surface area contributed by atoms with Crippen LogP contribution in [0.2, 0.25) is 0 Å². The van der Waals surface area contributed by atoms with E-state index in [1.165, 1.54) is 36.1 Å². The van der Waals surface area contributed by atoms with E-state index in [1.54, 1.807) is 32.3 Å². The Labute approximate surface area is 185 Å². The highest BCUT2D eigenvalue weighted by molar-refractivity contribution is 7.93. The van der Waals surface area contributed by atoms with Gasteiger partial charge in [0.15, 0.2) is 0 Å². The number of nitrogens with two attached hydrogens (primary N) is 1. The number of rotatable bonds is 8. The first kappa shape index (κ1) is 21.7. The minimum atomic E-state index is -3.43. The number of nitrogens with zero attached hydrogens (tertiary/aromatic N) is 2. The first-order valence-electron chi connectivity index (χ1n) is 11.1. The highest BCUT2D eigenvalue weighted by Gasteiger charge is 2.31. The molecule has 6 nitrogen and oxygen atoms in total. The molecular formula is C24H32N4O2S. The smallest absolute Gasteiger partial charge is 0.236 e. The largest absolute Gasteiger partial charge is 0.403 e. The number of nitrogens with one attached hydrogen (secondary N) is 1. The molecule has 2 aliphatic rings. The van der Waals surface area contributed by atoms with Crippen LogP contribution in [0.1, 0.15) is 68.6 Å². The fourth-order valence-corrected chi connectivity index (χ4v) is 4.56. The lowest BCUT2D eigenvalue weighted by atomic mass is 9.89. The summed E-state index contributed by atoms with van der Waals surface area (Å²) in [4.78, 5) is 6.72. The monoisotopic (exact) mass is 440 g/mol. The van der Waals surface area contributed by atoms with Crippen LogP contribution < -0.4 is 15.4 Å². The van der Waals surface area contributed by atoms with Gasteiger partial charge in [0, 0.05) is 29.7 Å². The van der Waals surface area contributed by atoms with Gasteiger partial charge in [-0.2, -0.15) is 0 Å². The highest BCUT2D eigenvalue weighted by Crippen LogP contribution is 2.44. The quantitative estimate of drug-likeness (QED) is 0.619. The predicted molar refractivity (Wildman–Crippen MR) is 127 cm³/mol. The molecule has 2 saturated carbocycles. The van der Waals surface area contributed by atoms with Gasteiger partial charge >= 0.3 is 0 Å². The van der Waals surface area contributed by atoms with Gasteiger partial charge < -0.3 is 10.6 Å². The molecule has 0 amide bonds. The van der Waals surface area contributed by atoms with Crippen molar-refractivity contribution in [1.29, 1.82) is 0 Å². The molecule has 2 aliphatic carbocycles. The van der Waals surface area contributed by atoms with Crippen molar-refractivity contribution >= 4 is 27.2 Å². The maximum Gasteiger partial charge on any atom is 0.236 e. The molecule has 0 bridgehead atoms. The molecule has 4 rings (SSSR count). The van der Waals surface area contributed by atoms with Crippen molar-refractivity contribution < 1.29 is 8.42 Å². The van der Waals surface area contributed by atoms with Crippen molar-refractivity contribution in [3.05, 3.63) is 59.4 Å². The van der Waals surface area contributed by atoms with E-state index in [1.807, 2.05) is 6.07 Å². The molecule has 166 valence electrons. The number of aromatic nitrogens is 1. The van der Waals surface area contributed by atoms with E-state index in [4.69, 9.17) is 5.73 Å². The molecule has 7 heteroatoms. The molecule has 2 fully saturated rings. The van der Waals surface area contributed by atoms with Crippen LogP contribution in [0.5, 0.6) is 0 Å². The van der Waals surface area contributed by atoms with Crippen molar-refractivity contribution in [3.8, 4) is 0 Å². The Hall–Kier alpha value is -2.54. The lowest BCUT2D eigenvalue weighted by Gasteiger charge is -2.41. The van der Waals surface area contributed by atoms with Gasteiger partial charge in [0.25, 0.3) is 0 Å². The normalized spacial score (nSPS) is 17.5. The summed E-state index contributed by atoms with van der Waals surface area (Å²) in [6.07, 6.45) is 9.36. The Morgan fingerprint density at radius 3 is 2.45 bits per heavy atom. The summed E-state index contributed by atoms with van der Waals surface area (Å²) in [6, 6.07) is 10.8. The summed E-state index contributed by atoms with van der Waals surface area (Å²) in [5.74, 6) is 0.999. The molecule has 0 saturated heterocycles. The standard InChI is InChI=1S/C24H32N4O2S/c1-16(2)31(29,30)27-24-12-11-20(15-26-24)23(14-25)28(21-5-4-6-21)22-13-19(18-9-10-18)8-7-17(22)3/h7-8,11-16,18,21H,4-6,9-10,25H2,1-3H3,(H,26,27)/b23-14+. The third-order valence-corrected chi connectivity index (χ3v) is 8.06. The van der Waals surface area contributed by atoms with Crippen LogP contribution >= 0.6 is 0 Å². The van der Waals surface area contributed by atoms with Gasteiger partial charge in [-0.25, -0.2) is 13.4 Å². The van der Waals surface area contributed by atoms with Crippen LogP contribution in [0.25, 0.3) is 5.70 Å². The second kappa shape index (κ2) is 8.54. The number of pyridine rings is 1. The minimum Gasteiger partial charge on any atom is -0.403 e. The molecule has 0 radical (unpaired) electrons. The van der Waals surface area contributed by atoms with E-state index in [0.717, 1.165) is 24.1 Å². The molecule has 0 unspecified atom stereocenters. The fourth-order valence-electron chi connectivity index (χ4n) is 3.91. The van der Waals surface area contributed by atoms with E-state index in [2.05, 4.69) is 39.7 Å². The van der Waals surface area contributed by atoms with Gasteiger partial charge in [-0.15, -0.1) is 0 Å². The number of sulfonamides is 1. The zero-order chi connectivity index (χ0) is 22.2. The third-order valence-electron chi connectivity index (χ3n) is 6.33. The highest BCUT2D eigenvalue weighted by atomic mass is 32.2. The maximum absolute atomic E-state index is 12.1. The molecule has 3 N–H and O–H groups in total. The van der Waals surface area contributed by atoms with Crippen molar-refractivity contribution in [2.24, 2.45) is 5.73 Å². The molecule has 0 aliphatic heterocycles. The Bertz CT molecular complexity index is 1070. The molecule has 1 heterocycles. The number of hydrogen-bond donors (Lipinski definition) is 2. The summed E-state index contributed by atoms with van der Waals surface area (Å²) >= 11 is 0. The Kier molecular flexibility index (Phi) is 5.97. The molecular weight excluding hydrogens is 408 g/mol. The second-order valence-corrected chi connectivity index (χ2v) is 11.2. The zero-order valence-electron chi connectivity index (χ0n) is 18.5. The van der Waals surface area contributed by atoms with Crippen LogP contribution in [0.15, 0.2) is 42.7 Å². The van der Waals surface area contributed by atoms with E-state index in [-0.39, 0.29) is 0 Å². The van der Waals surface area contributed by atoms with Gasteiger partial charge in [0.2, 0.25) is 10.0 Å². The van der Waals surface area contributed by atoms with Crippen LogP contribution in [0.4, 0.5) is 11.5 Å². The van der Waals surface area contributed by atoms with Crippen LogP contribution in [-0.4, -0.2) is 24.7 Å². The lowest BCUT2D eigenvalue weighted by Crippen LogP contribution is -2.39. The van der Waals surface area contributed by atoms with Crippen molar-refractivity contribution in [2.75, 3.05) is 9.62 Å². The van der Waals surface area contributed by atoms with Crippen LogP contribution in [0.3, 0.4) is 0 Å². The molecule has 1 aromatic carbocycles. The second-order valence-electron chi connectivity index (χ2n) is 8.95. The van der Waals surface area contributed by atoms with Gasteiger partial charge in [0.1, 0.15) is 5.82 Å². The summed E-state index contributed by atoms with van der Waals surface area (Å²) in [5, 5.41) is -0.524. The van der Waals surface area contributed by atoms with Crippen molar-refractivity contribution in [2.45, 2.75) is 70.1 Å². The summed E-state index contributed by atoms with van der Waals surface area (Å²) in [6.45, 7) is 5.43. The number of anilines is 2. The molecule has 1 aromatic heterocycles. The number of aryl methyl sites for hydroxylation is 1. The third kappa shape index (κ3) is 4.56. The van der Waals surface area contributed by atoms with Crippen LogP contribution in [0, 0.1) is 6.92 Å². The average molecular weight is 441 g/mol. The zero-order valence-corrected chi connectivity index (χ0v) is 19.3. The molecule has 0 atom stereocenters. The van der Waals surface area contributed by atoms with Crippen molar-refractivity contribution in [3.63, 3.8) is 0 Å². The fraction of sp³-hybridized carbons (Fsp3) is 0.458. The van der Waals surface area contributed by atoms with Gasteiger partial charge in [-0.1, -0.05) is 12.1 Å². The Morgan fingerprint density at radius 1 is 1.19 bits per heavy atom.